The Morgan fingerprint density at radius 3 is 2.40 bits per heavy atom. The van der Waals surface area contributed by atoms with Crippen molar-refractivity contribution in [2.45, 2.75) is 26.9 Å². The Labute approximate surface area is 129 Å². The molecule has 0 saturated heterocycles. The van der Waals surface area contributed by atoms with Crippen LogP contribution in [-0.2, 0) is 4.79 Å². The fourth-order valence-corrected chi connectivity index (χ4v) is 2.76. The highest BCUT2D eigenvalue weighted by molar-refractivity contribution is 9.10. The fourth-order valence-electron chi connectivity index (χ4n) is 2.06. The molecule has 20 heavy (non-hydrogen) atoms. The van der Waals surface area contributed by atoms with Gasteiger partial charge in [-0.3, -0.25) is 4.79 Å². The summed E-state index contributed by atoms with van der Waals surface area (Å²) < 4.78 is 0.880. The number of carbonyl (C=O) groups excluding carboxylic acids is 1. The minimum Gasteiger partial charge on any atom is -0.389 e. The maximum absolute atomic E-state index is 12.1. The van der Waals surface area contributed by atoms with Crippen molar-refractivity contribution in [3.05, 3.63) is 28.2 Å². The Bertz CT molecular complexity index is 459. The van der Waals surface area contributed by atoms with Crippen LogP contribution >= 0.6 is 15.9 Å². The highest BCUT2D eigenvalue weighted by Crippen LogP contribution is 2.28. The third-order valence-corrected chi connectivity index (χ3v) is 3.99. The molecule has 0 aromatic heterocycles. The normalized spacial score (nSPS) is 12.1. The lowest BCUT2D eigenvalue weighted by atomic mass is 10.1. The SMILES string of the molecule is CCN(CC)C(=O)CN(C)c1ccc(C(C)O)cc1Br. The molecule has 0 fully saturated rings. The number of benzene rings is 1. The van der Waals surface area contributed by atoms with Crippen molar-refractivity contribution < 1.29 is 9.90 Å². The number of aliphatic hydroxyl groups excluding tert-OH is 1. The summed E-state index contributed by atoms with van der Waals surface area (Å²) in [6.07, 6.45) is -0.497. The Balaban J connectivity index is 2.82. The number of anilines is 1. The van der Waals surface area contributed by atoms with E-state index in [4.69, 9.17) is 0 Å². The van der Waals surface area contributed by atoms with Crippen LogP contribution in [0.2, 0.25) is 0 Å². The average molecular weight is 343 g/mol. The second-order valence-electron chi connectivity index (χ2n) is 4.81. The van der Waals surface area contributed by atoms with Crippen LogP contribution < -0.4 is 4.90 Å². The number of amides is 1. The van der Waals surface area contributed by atoms with Gasteiger partial charge in [0.2, 0.25) is 5.91 Å². The van der Waals surface area contributed by atoms with E-state index in [-0.39, 0.29) is 5.91 Å². The maximum atomic E-state index is 12.1. The van der Waals surface area contributed by atoms with Crippen molar-refractivity contribution in [1.82, 2.24) is 4.90 Å². The number of aliphatic hydroxyl groups is 1. The summed E-state index contributed by atoms with van der Waals surface area (Å²) in [5.41, 5.74) is 1.79. The van der Waals surface area contributed by atoms with Gasteiger partial charge in [-0.1, -0.05) is 6.07 Å². The van der Waals surface area contributed by atoms with Crippen LogP contribution in [0.15, 0.2) is 22.7 Å². The van der Waals surface area contributed by atoms with Gasteiger partial charge in [0.1, 0.15) is 0 Å². The van der Waals surface area contributed by atoms with E-state index in [9.17, 15) is 9.90 Å². The topological polar surface area (TPSA) is 43.8 Å². The lowest BCUT2D eigenvalue weighted by molar-refractivity contribution is -0.129. The number of hydrogen-bond acceptors (Lipinski definition) is 3. The molecular formula is C15H23BrN2O2. The van der Waals surface area contributed by atoms with Crippen molar-refractivity contribution in [2.75, 3.05) is 31.6 Å². The molecule has 112 valence electrons. The Hall–Kier alpha value is -1.07. The maximum Gasteiger partial charge on any atom is 0.242 e. The number of nitrogens with zero attached hydrogens (tertiary/aromatic N) is 2. The highest BCUT2D eigenvalue weighted by atomic mass is 79.9. The standard InChI is InChI=1S/C15H23BrN2O2/c1-5-18(6-2)15(20)10-17(4)14-8-7-12(11(3)19)9-13(14)16/h7-9,11,19H,5-6,10H2,1-4H3. The fraction of sp³-hybridized carbons (Fsp3) is 0.533. The summed E-state index contributed by atoms with van der Waals surface area (Å²) in [5, 5.41) is 9.56. The molecule has 0 radical (unpaired) electrons. The van der Waals surface area contributed by atoms with Crippen LogP contribution in [0.3, 0.4) is 0 Å². The third-order valence-electron chi connectivity index (χ3n) is 3.35. The van der Waals surface area contributed by atoms with Gasteiger partial charge in [-0.05, 0) is 54.4 Å². The van der Waals surface area contributed by atoms with Crippen molar-refractivity contribution in [1.29, 1.82) is 0 Å². The Kier molecular flexibility index (Phi) is 6.49. The zero-order valence-corrected chi connectivity index (χ0v) is 14.1. The summed E-state index contributed by atoms with van der Waals surface area (Å²) in [6.45, 7) is 7.49. The second-order valence-corrected chi connectivity index (χ2v) is 5.66. The van der Waals surface area contributed by atoms with E-state index in [0.29, 0.717) is 6.54 Å². The Morgan fingerprint density at radius 2 is 1.95 bits per heavy atom. The molecule has 1 rings (SSSR count). The van der Waals surface area contributed by atoms with Gasteiger partial charge in [-0.15, -0.1) is 0 Å². The third kappa shape index (κ3) is 4.21. The zero-order chi connectivity index (χ0) is 15.3. The first-order valence-corrected chi connectivity index (χ1v) is 7.66. The minimum atomic E-state index is -0.497. The molecule has 1 N–H and O–H groups in total. The molecule has 0 bridgehead atoms. The first-order valence-electron chi connectivity index (χ1n) is 6.87. The molecule has 1 aromatic carbocycles. The van der Waals surface area contributed by atoms with Crippen LogP contribution in [0, 0.1) is 0 Å². The molecule has 0 aliphatic carbocycles. The molecule has 5 heteroatoms. The van der Waals surface area contributed by atoms with Crippen LogP contribution in [0.4, 0.5) is 5.69 Å². The predicted molar refractivity (Wildman–Crippen MR) is 86.0 cm³/mol. The first-order chi connectivity index (χ1) is 9.40. The van der Waals surface area contributed by atoms with Crippen LogP contribution in [-0.4, -0.2) is 42.6 Å². The lowest BCUT2D eigenvalue weighted by Crippen LogP contribution is -2.38. The zero-order valence-electron chi connectivity index (χ0n) is 12.6. The van der Waals surface area contributed by atoms with Gasteiger partial charge in [0.15, 0.2) is 0 Å². The molecule has 1 amide bonds. The van der Waals surface area contributed by atoms with Crippen molar-refractivity contribution >= 4 is 27.5 Å². The molecule has 0 saturated carbocycles. The van der Waals surface area contributed by atoms with E-state index < -0.39 is 6.10 Å². The monoisotopic (exact) mass is 342 g/mol. The van der Waals surface area contributed by atoms with E-state index in [2.05, 4.69) is 15.9 Å². The van der Waals surface area contributed by atoms with Crippen LogP contribution in [0.1, 0.15) is 32.4 Å². The van der Waals surface area contributed by atoms with Gasteiger partial charge < -0.3 is 14.9 Å². The number of rotatable bonds is 6. The molecule has 0 aliphatic rings. The predicted octanol–water partition coefficient (Wildman–Crippen LogP) is 2.81. The number of hydrogen-bond donors (Lipinski definition) is 1. The lowest BCUT2D eigenvalue weighted by Gasteiger charge is -2.25. The molecule has 0 heterocycles. The summed E-state index contributed by atoms with van der Waals surface area (Å²) in [7, 11) is 1.89. The van der Waals surface area contributed by atoms with Gasteiger partial charge in [0, 0.05) is 24.6 Å². The van der Waals surface area contributed by atoms with E-state index in [1.54, 1.807) is 6.92 Å². The summed E-state index contributed by atoms with van der Waals surface area (Å²) in [5.74, 6) is 0.115. The summed E-state index contributed by atoms with van der Waals surface area (Å²) >= 11 is 3.50. The highest BCUT2D eigenvalue weighted by Gasteiger charge is 2.15. The molecule has 1 aromatic rings. The summed E-state index contributed by atoms with van der Waals surface area (Å²) in [6, 6.07) is 5.68. The van der Waals surface area contributed by atoms with Gasteiger partial charge in [0.05, 0.1) is 18.3 Å². The van der Waals surface area contributed by atoms with Gasteiger partial charge in [-0.2, -0.15) is 0 Å². The minimum absolute atomic E-state index is 0.115. The van der Waals surface area contributed by atoms with E-state index in [1.807, 2.05) is 48.9 Å². The van der Waals surface area contributed by atoms with E-state index in [0.717, 1.165) is 28.8 Å². The second kappa shape index (κ2) is 7.64. The summed E-state index contributed by atoms with van der Waals surface area (Å²) in [4.78, 5) is 15.8. The quantitative estimate of drug-likeness (QED) is 0.864. The van der Waals surface area contributed by atoms with Crippen molar-refractivity contribution in [3.63, 3.8) is 0 Å². The number of likely N-dealkylation sites (N-methyl/N-ethyl adjacent to an activating group) is 2. The van der Waals surface area contributed by atoms with E-state index in [1.165, 1.54) is 0 Å². The molecule has 4 nitrogen and oxygen atoms in total. The largest absolute Gasteiger partial charge is 0.389 e. The smallest absolute Gasteiger partial charge is 0.242 e. The van der Waals surface area contributed by atoms with E-state index >= 15 is 0 Å². The van der Waals surface area contributed by atoms with Crippen LogP contribution in [0.5, 0.6) is 0 Å². The van der Waals surface area contributed by atoms with Crippen molar-refractivity contribution in [3.8, 4) is 0 Å². The van der Waals surface area contributed by atoms with Gasteiger partial charge >= 0.3 is 0 Å². The average Bonchev–Trinajstić information content (AvgIpc) is 2.39. The number of halogens is 1. The molecular weight excluding hydrogens is 320 g/mol. The first kappa shape index (κ1) is 17.0. The van der Waals surface area contributed by atoms with Crippen LogP contribution in [0.25, 0.3) is 0 Å². The van der Waals surface area contributed by atoms with Crippen molar-refractivity contribution in [2.24, 2.45) is 0 Å². The molecule has 1 unspecified atom stereocenters. The molecule has 0 aliphatic heterocycles. The number of carbonyl (C=O) groups is 1. The molecule has 0 spiro atoms. The Morgan fingerprint density at radius 1 is 1.35 bits per heavy atom. The van der Waals surface area contributed by atoms with Gasteiger partial charge in [-0.25, -0.2) is 0 Å². The molecule has 1 atom stereocenters. The van der Waals surface area contributed by atoms with Gasteiger partial charge in [0.25, 0.3) is 0 Å².